The minimum Gasteiger partial charge on any atom is -0.423 e. The van der Waals surface area contributed by atoms with Crippen LogP contribution in [0.1, 0.15) is 41.5 Å². The Kier molecular flexibility index (Phi) is 13.1. The lowest BCUT2D eigenvalue weighted by Gasteiger charge is -2.33. The van der Waals surface area contributed by atoms with Gasteiger partial charge in [0.25, 0.3) is 0 Å². The first kappa shape index (κ1) is 49.5. The summed E-state index contributed by atoms with van der Waals surface area (Å²) in [5.74, 6) is 0. The largest absolute Gasteiger partial charge is 0.494 e. The molecule has 2 aliphatic rings. The van der Waals surface area contributed by atoms with Gasteiger partial charge in [-0.05, 0) is 117 Å². The van der Waals surface area contributed by atoms with Crippen molar-refractivity contribution in [2.75, 3.05) is 13.2 Å². The fourth-order valence-electron chi connectivity index (χ4n) is 8.31. The van der Waals surface area contributed by atoms with Crippen molar-refractivity contribution in [1.82, 2.24) is 29.9 Å². The van der Waals surface area contributed by atoms with E-state index >= 15 is 0 Å². The number of hydrogen-bond donors (Lipinski definition) is 2. The molecule has 14 rings (SSSR count). The fourth-order valence-corrected chi connectivity index (χ4v) is 14.3. The average molecular weight is 1090 g/mol. The van der Waals surface area contributed by atoms with Crippen LogP contribution in [0.25, 0.3) is 91.3 Å². The second kappa shape index (κ2) is 19.6. The van der Waals surface area contributed by atoms with Gasteiger partial charge in [0.05, 0.1) is 72.5 Å². The molecule has 2 fully saturated rings. The molecule has 2 saturated heterocycles. The number of para-hydroxylation sites is 3. The Balaban J connectivity index is 0.000000114. The molecule has 0 atom stereocenters. The predicted molar refractivity (Wildman–Crippen MR) is 311 cm³/mol. The van der Waals surface area contributed by atoms with E-state index in [1.807, 2.05) is 84.9 Å². The molecule has 0 bridgehead atoms. The Morgan fingerprint density at radius 3 is 1.11 bits per heavy atom. The molecule has 6 aromatic carbocycles. The van der Waals surface area contributed by atoms with Crippen LogP contribution in [0.3, 0.4) is 0 Å². The van der Waals surface area contributed by atoms with Crippen molar-refractivity contribution in [3.05, 3.63) is 127 Å². The van der Waals surface area contributed by atoms with Gasteiger partial charge in [0.2, 0.25) is 0 Å². The number of fused-ring (bicyclic) bond motifs is 6. The van der Waals surface area contributed by atoms with Crippen LogP contribution >= 0.6 is 68.0 Å². The molecular formula is C53H45B3N6O6S6. The van der Waals surface area contributed by atoms with Gasteiger partial charge >= 0.3 is 21.4 Å². The van der Waals surface area contributed by atoms with Crippen LogP contribution in [0.4, 0.5) is 0 Å². The molecule has 74 heavy (non-hydrogen) atoms. The molecule has 0 amide bonds. The Hall–Kier alpha value is -5.39. The molecule has 0 spiro atoms. The lowest BCUT2D eigenvalue weighted by atomic mass is 9.76. The zero-order valence-electron chi connectivity index (χ0n) is 40.9. The molecule has 0 saturated carbocycles. The normalized spacial score (nSPS) is 16.1. The predicted octanol–water partition coefficient (Wildman–Crippen LogP) is 11.5. The SMILES string of the molecule is CC1(C)COB(c2ccc3nc(-c4nc5ccccc5s4)sc3c2)OC1.CC1(C)OB(c2ccc3nc(-c4nc5ccccc5s4)sc3c2)OC1(C)C.OB(O)c1ccc2nc(-c3nc4ccccc4s3)sc2c1. The van der Waals surface area contributed by atoms with Crippen LogP contribution in [-0.4, -0.2) is 85.7 Å². The topological polar surface area (TPSA) is 155 Å². The van der Waals surface area contributed by atoms with Crippen LogP contribution in [0.2, 0.25) is 0 Å². The number of aromatic nitrogens is 6. The summed E-state index contributed by atoms with van der Waals surface area (Å²) >= 11 is 9.83. The lowest BCUT2D eigenvalue weighted by Crippen LogP contribution is -2.47. The number of hydrogen-bond acceptors (Lipinski definition) is 18. The molecule has 2 N–H and O–H groups in total. The summed E-state index contributed by atoms with van der Waals surface area (Å²) in [5, 5.41) is 24.1. The van der Waals surface area contributed by atoms with Crippen molar-refractivity contribution in [3.63, 3.8) is 0 Å². The lowest BCUT2D eigenvalue weighted by molar-refractivity contribution is 0.00578. The molecule has 2 aliphatic heterocycles. The smallest absolute Gasteiger partial charge is 0.423 e. The summed E-state index contributed by atoms with van der Waals surface area (Å²) in [6.07, 6.45) is 0. The molecule has 6 aromatic heterocycles. The molecule has 21 heteroatoms. The van der Waals surface area contributed by atoms with Gasteiger partial charge in [-0.3, -0.25) is 0 Å². The Labute approximate surface area is 451 Å². The Morgan fingerprint density at radius 2 is 0.730 bits per heavy atom. The van der Waals surface area contributed by atoms with E-state index in [0.29, 0.717) is 18.7 Å². The number of nitrogens with zero attached hydrogens (tertiary/aromatic N) is 6. The van der Waals surface area contributed by atoms with Crippen molar-refractivity contribution < 1.29 is 28.7 Å². The van der Waals surface area contributed by atoms with E-state index in [9.17, 15) is 10.0 Å². The molecule has 0 unspecified atom stereocenters. The molecule has 12 aromatic rings. The summed E-state index contributed by atoms with van der Waals surface area (Å²) in [5.41, 5.74) is 7.79. The summed E-state index contributed by atoms with van der Waals surface area (Å²) in [6, 6.07) is 42.1. The second-order valence-electron chi connectivity index (χ2n) is 19.8. The average Bonchev–Trinajstić information content (AvgIpc) is 4.26. The van der Waals surface area contributed by atoms with Crippen molar-refractivity contribution in [2.45, 2.75) is 52.7 Å². The van der Waals surface area contributed by atoms with Gasteiger partial charge in [0.1, 0.15) is 0 Å². The highest BCUT2D eigenvalue weighted by Crippen LogP contribution is 2.40. The fraction of sp³-hybridized carbons (Fsp3) is 0.208. The van der Waals surface area contributed by atoms with Gasteiger partial charge < -0.3 is 28.7 Å². The minimum absolute atomic E-state index is 0.0745. The second-order valence-corrected chi connectivity index (χ2v) is 26.0. The van der Waals surface area contributed by atoms with Gasteiger partial charge in [-0.1, -0.05) is 68.4 Å². The summed E-state index contributed by atoms with van der Waals surface area (Å²) in [4.78, 5) is 28.2. The standard InChI is InChI=1S/C20H19BN2O2S2.C19H17BN2O2S2.C14H9BN2O2S2/c1-19(2)20(3,4)25-21(24-19)12-9-10-14-16(11-12)27-18(23-14)17-22-13-7-5-6-8-15(13)26-17;1-19(2)10-23-20(24-11-19)12-7-8-14-16(9-12)26-18(22-14)17-21-13-5-3-4-6-15(13)25-17;18-15(19)8-5-6-10-12(7-8)21-14(17-10)13-16-9-3-1-2-4-11(9)20-13/h5-11H,1-4H3;3-9H,10-11H2,1-2H3;1-7,18-19H. The number of thiazole rings is 6. The van der Waals surface area contributed by atoms with E-state index in [-0.39, 0.29) is 30.9 Å². The van der Waals surface area contributed by atoms with E-state index in [4.69, 9.17) is 38.6 Å². The summed E-state index contributed by atoms with van der Waals surface area (Å²) in [7, 11) is -2.10. The first-order valence-electron chi connectivity index (χ1n) is 23.8. The van der Waals surface area contributed by atoms with Gasteiger partial charge in [0, 0.05) is 18.6 Å². The van der Waals surface area contributed by atoms with Gasteiger partial charge in [-0.2, -0.15) is 0 Å². The Morgan fingerprint density at radius 1 is 0.405 bits per heavy atom. The third kappa shape index (κ3) is 9.97. The maximum absolute atomic E-state index is 9.23. The van der Waals surface area contributed by atoms with E-state index < -0.39 is 7.12 Å². The molecule has 368 valence electrons. The molecule has 8 heterocycles. The summed E-state index contributed by atoms with van der Waals surface area (Å²) in [6.45, 7) is 14.0. The third-order valence-corrected chi connectivity index (χ3v) is 19.6. The van der Waals surface area contributed by atoms with Crippen LogP contribution < -0.4 is 16.4 Å². The highest BCUT2D eigenvalue weighted by molar-refractivity contribution is 7.29. The van der Waals surface area contributed by atoms with Gasteiger partial charge in [-0.25, -0.2) is 29.9 Å². The van der Waals surface area contributed by atoms with Crippen LogP contribution in [-0.2, 0) is 18.6 Å². The molecular weight excluding hydrogens is 1040 g/mol. The zero-order valence-corrected chi connectivity index (χ0v) is 45.8. The van der Waals surface area contributed by atoms with Gasteiger partial charge in [0.15, 0.2) is 30.0 Å². The summed E-state index contributed by atoms with van der Waals surface area (Å²) < 4.78 is 30.9. The highest BCUT2D eigenvalue weighted by Gasteiger charge is 2.51. The van der Waals surface area contributed by atoms with Crippen molar-refractivity contribution in [2.24, 2.45) is 5.41 Å². The van der Waals surface area contributed by atoms with Crippen molar-refractivity contribution in [3.8, 4) is 30.0 Å². The van der Waals surface area contributed by atoms with Crippen LogP contribution in [0.5, 0.6) is 0 Å². The number of benzene rings is 6. The maximum atomic E-state index is 9.23. The molecule has 12 nitrogen and oxygen atoms in total. The highest BCUT2D eigenvalue weighted by atomic mass is 32.1. The van der Waals surface area contributed by atoms with E-state index in [0.717, 1.165) is 92.9 Å². The first-order chi connectivity index (χ1) is 35.6. The number of rotatable bonds is 6. The quantitative estimate of drug-likeness (QED) is 0.152. The van der Waals surface area contributed by atoms with Crippen LogP contribution in [0, 0.1) is 5.41 Å². The first-order valence-corrected chi connectivity index (χ1v) is 28.7. The van der Waals surface area contributed by atoms with E-state index in [2.05, 4.69) is 75.8 Å². The molecule has 0 radical (unpaired) electrons. The zero-order chi connectivity index (χ0) is 50.9. The third-order valence-electron chi connectivity index (χ3n) is 13.0. The van der Waals surface area contributed by atoms with E-state index in [1.54, 1.807) is 74.9 Å². The Bertz CT molecular complexity index is 3910. The van der Waals surface area contributed by atoms with Crippen molar-refractivity contribution >= 4 is 167 Å². The maximum Gasteiger partial charge on any atom is 0.494 e. The van der Waals surface area contributed by atoms with Crippen LogP contribution in [0.15, 0.2) is 127 Å². The van der Waals surface area contributed by atoms with Crippen molar-refractivity contribution in [1.29, 1.82) is 0 Å². The van der Waals surface area contributed by atoms with Gasteiger partial charge in [-0.15, -0.1) is 68.0 Å². The molecule has 0 aliphatic carbocycles. The monoisotopic (exact) mass is 1090 g/mol. The van der Waals surface area contributed by atoms with E-state index in [1.165, 1.54) is 20.7 Å². The minimum atomic E-state index is -1.46.